The lowest BCUT2D eigenvalue weighted by Crippen LogP contribution is -2.34. The third-order valence-electron chi connectivity index (χ3n) is 4.33. The molecule has 1 fully saturated rings. The largest absolute Gasteiger partial charge is 0.340 e. The first kappa shape index (κ1) is 14.8. The number of likely N-dealkylation sites (tertiary alicyclic amines) is 1. The van der Waals surface area contributed by atoms with E-state index in [1.54, 1.807) is 12.1 Å². The predicted molar refractivity (Wildman–Crippen MR) is 85.9 cm³/mol. The van der Waals surface area contributed by atoms with Gasteiger partial charge >= 0.3 is 0 Å². The van der Waals surface area contributed by atoms with Crippen molar-refractivity contribution in [1.29, 1.82) is 0 Å². The molecule has 2 aromatic rings. The van der Waals surface area contributed by atoms with Crippen molar-refractivity contribution in [3.8, 4) is 11.1 Å². The lowest BCUT2D eigenvalue weighted by atomic mass is 10.0. The molecule has 2 aromatic carbocycles. The topological polar surface area (TPSA) is 20.3 Å². The molecule has 114 valence electrons. The lowest BCUT2D eigenvalue weighted by Gasteiger charge is -2.21. The molecule has 0 saturated carbocycles. The normalized spacial score (nSPS) is 17.7. The van der Waals surface area contributed by atoms with Gasteiger partial charge in [0.2, 0.25) is 5.91 Å². The van der Waals surface area contributed by atoms with Crippen molar-refractivity contribution in [3.05, 3.63) is 59.9 Å². The van der Waals surface area contributed by atoms with Crippen molar-refractivity contribution in [2.24, 2.45) is 0 Å². The summed E-state index contributed by atoms with van der Waals surface area (Å²) in [5.41, 5.74) is 2.98. The first-order valence-corrected chi connectivity index (χ1v) is 7.78. The maximum Gasteiger partial charge on any atom is 0.227 e. The predicted octanol–water partition coefficient (Wildman–Crippen LogP) is 4.05. The van der Waals surface area contributed by atoms with Crippen LogP contribution in [0.2, 0.25) is 0 Å². The van der Waals surface area contributed by atoms with Gasteiger partial charge in [0.15, 0.2) is 0 Å². The third-order valence-corrected chi connectivity index (χ3v) is 4.33. The summed E-state index contributed by atoms with van der Waals surface area (Å²) in [5.74, 6) is -0.0423. The minimum atomic E-state index is -0.238. The highest BCUT2D eigenvalue weighted by Crippen LogP contribution is 2.22. The summed E-state index contributed by atoms with van der Waals surface area (Å²) >= 11 is 0. The molecular weight excluding hydrogens is 277 g/mol. The summed E-state index contributed by atoms with van der Waals surface area (Å²) in [6.07, 6.45) is 2.63. The molecule has 1 heterocycles. The highest BCUT2D eigenvalue weighted by atomic mass is 19.1. The van der Waals surface area contributed by atoms with Gasteiger partial charge in [-0.1, -0.05) is 36.4 Å². The summed E-state index contributed by atoms with van der Waals surface area (Å²) in [6, 6.07) is 14.7. The van der Waals surface area contributed by atoms with Gasteiger partial charge in [-0.2, -0.15) is 0 Å². The smallest absolute Gasteiger partial charge is 0.227 e. The van der Waals surface area contributed by atoms with Crippen molar-refractivity contribution in [2.75, 3.05) is 6.54 Å². The number of hydrogen-bond donors (Lipinski definition) is 0. The monoisotopic (exact) mass is 297 g/mol. The Kier molecular flexibility index (Phi) is 4.23. The first-order valence-electron chi connectivity index (χ1n) is 7.78. The van der Waals surface area contributed by atoms with E-state index >= 15 is 0 Å². The number of amides is 1. The number of halogens is 1. The second-order valence-corrected chi connectivity index (χ2v) is 5.96. The fourth-order valence-electron chi connectivity index (χ4n) is 3.08. The van der Waals surface area contributed by atoms with Crippen molar-refractivity contribution < 1.29 is 9.18 Å². The van der Waals surface area contributed by atoms with E-state index in [1.165, 1.54) is 12.1 Å². The quantitative estimate of drug-likeness (QED) is 0.837. The molecule has 1 atom stereocenters. The fourth-order valence-corrected chi connectivity index (χ4v) is 3.08. The lowest BCUT2D eigenvalue weighted by molar-refractivity contribution is -0.130. The Labute approximate surface area is 130 Å². The van der Waals surface area contributed by atoms with Crippen LogP contribution in [0.4, 0.5) is 4.39 Å². The fraction of sp³-hybridized carbons (Fsp3) is 0.316. The van der Waals surface area contributed by atoms with E-state index < -0.39 is 0 Å². The first-order chi connectivity index (χ1) is 10.6. The van der Waals surface area contributed by atoms with Gasteiger partial charge in [0.05, 0.1) is 6.42 Å². The van der Waals surface area contributed by atoms with Crippen LogP contribution in [0, 0.1) is 5.82 Å². The van der Waals surface area contributed by atoms with Gasteiger partial charge in [-0.05, 0) is 48.6 Å². The average molecular weight is 297 g/mol. The Balaban J connectivity index is 1.76. The second kappa shape index (κ2) is 6.30. The van der Waals surface area contributed by atoms with Crippen LogP contribution in [0.25, 0.3) is 11.1 Å². The molecule has 1 aliphatic rings. The zero-order chi connectivity index (χ0) is 15.5. The van der Waals surface area contributed by atoms with E-state index in [0.717, 1.165) is 36.1 Å². The van der Waals surface area contributed by atoms with Gasteiger partial charge in [0.1, 0.15) is 5.82 Å². The molecular formula is C19H20FNO. The van der Waals surface area contributed by atoms with E-state index in [0.29, 0.717) is 12.5 Å². The van der Waals surface area contributed by atoms with Crippen molar-refractivity contribution in [3.63, 3.8) is 0 Å². The highest BCUT2D eigenvalue weighted by molar-refractivity contribution is 5.80. The van der Waals surface area contributed by atoms with Gasteiger partial charge in [-0.3, -0.25) is 4.79 Å². The minimum absolute atomic E-state index is 0.196. The van der Waals surface area contributed by atoms with Crippen LogP contribution in [0.3, 0.4) is 0 Å². The van der Waals surface area contributed by atoms with Gasteiger partial charge < -0.3 is 4.90 Å². The number of carbonyl (C=O) groups is 1. The Morgan fingerprint density at radius 1 is 1.18 bits per heavy atom. The van der Waals surface area contributed by atoms with E-state index in [-0.39, 0.29) is 11.7 Å². The number of rotatable bonds is 3. The second-order valence-electron chi connectivity index (χ2n) is 5.96. The molecule has 0 bridgehead atoms. The molecule has 1 aliphatic heterocycles. The van der Waals surface area contributed by atoms with Crippen LogP contribution in [0.5, 0.6) is 0 Å². The molecule has 0 aromatic heterocycles. The number of hydrogen-bond acceptors (Lipinski definition) is 1. The Morgan fingerprint density at radius 3 is 2.64 bits per heavy atom. The van der Waals surface area contributed by atoms with Crippen LogP contribution < -0.4 is 0 Å². The molecule has 22 heavy (non-hydrogen) atoms. The van der Waals surface area contributed by atoms with Crippen molar-refractivity contribution in [1.82, 2.24) is 4.90 Å². The maximum atomic E-state index is 13.0. The number of carbonyl (C=O) groups excluding carboxylic acids is 1. The number of benzene rings is 2. The number of nitrogens with zero attached hydrogens (tertiary/aromatic N) is 1. The maximum absolute atomic E-state index is 13.0. The molecule has 2 nitrogen and oxygen atoms in total. The van der Waals surface area contributed by atoms with Gasteiger partial charge in [0.25, 0.3) is 0 Å². The third kappa shape index (κ3) is 3.19. The van der Waals surface area contributed by atoms with E-state index in [9.17, 15) is 9.18 Å². The van der Waals surface area contributed by atoms with Crippen molar-refractivity contribution >= 4 is 5.91 Å². The van der Waals surface area contributed by atoms with Gasteiger partial charge in [0, 0.05) is 12.6 Å². The van der Waals surface area contributed by atoms with E-state index in [4.69, 9.17) is 0 Å². The Hall–Kier alpha value is -2.16. The summed E-state index contributed by atoms with van der Waals surface area (Å²) in [6.45, 7) is 2.98. The summed E-state index contributed by atoms with van der Waals surface area (Å²) in [7, 11) is 0. The molecule has 3 heteroatoms. The van der Waals surface area contributed by atoms with E-state index in [1.807, 2.05) is 29.2 Å². The van der Waals surface area contributed by atoms with Crippen molar-refractivity contribution in [2.45, 2.75) is 32.2 Å². The molecule has 1 saturated heterocycles. The Morgan fingerprint density at radius 2 is 1.95 bits per heavy atom. The molecule has 0 spiro atoms. The molecule has 0 aliphatic carbocycles. The summed E-state index contributed by atoms with van der Waals surface area (Å²) in [5, 5.41) is 0. The molecule has 0 radical (unpaired) electrons. The van der Waals surface area contributed by atoms with E-state index in [2.05, 4.69) is 6.92 Å². The van der Waals surface area contributed by atoms with Crippen LogP contribution in [0.15, 0.2) is 48.5 Å². The van der Waals surface area contributed by atoms with Crippen LogP contribution in [0.1, 0.15) is 25.3 Å². The summed E-state index contributed by atoms with van der Waals surface area (Å²) < 4.78 is 13.0. The van der Waals surface area contributed by atoms with Gasteiger partial charge in [-0.15, -0.1) is 0 Å². The Bertz CT molecular complexity index is 665. The van der Waals surface area contributed by atoms with Gasteiger partial charge in [-0.25, -0.2) is 4.39 Å². The summed E-state index contributed by atoms with van der Waals surface area (Å²) in [4.78, 5) is 14.4. The molecule has 1 amide bonds. The average Bonchev–Trinajstić information content (AvgIpc) is 2.94. The van der Waals surface area contributed by atoms with Crippen LogP contribution in [-0.2, 0) is 11.2 Å². The minimum Gasteiger partial charge on any atom is -0.340 e. The zero-order valence-electron chi connectivity index (χ0n) is 12.8. The molecule has 3 rings (SSSR count). The SMILES string of the molecule is CC1CCCN1C(=O)Cc1cccc(-c2ccc(F)cc2)c1. The highest BCUT2D eigenvalue weighted by Gasteiger charge is 2.24. The molecule has 1 unspecified atom stereocenters. The van der Waals surface area contributed by atoms with Crippen LogP contribution >= 0.6 is 0 Å². The van der Waals surface area contributed by atoms with Crippen LogP contribution in [-0.4, -0.2) is 23.4 Å². The zero-order valence-corrected chi connectivity index (χ0v) is 12.8. The standard InChI is InChI=1S/C19H20FNO/c1-14-4-3-11-21(14)19(22)13-15-5-2-6-17(12-15)16-7-9-18(20)10-8-16/h2,5-10,12,14H,3-4,11,13H2,1H3. The molecule has 0 N–H and O–H groups in total.